The van der Waals surface area contributed by atoms with E-state index in [9.17, 15) is 9.59 Å². The number of nitrogens with zero attached hydrogens (tertiary/aromatic N) is 2. The highest BCUT2D eigenvalue weighted by atomic mass is 35.5. The van der Waals surface area contributed by atoms with Gasteiger partial charge in [0, 0.05) is 11.4 Å². The molecule has 1 heterocycles. The molecule has 1 N–H and O–H groups in total. The van der Waals surface area contributed by atoms with Gasteiger partial charge in [-0.1, -0.05) is 41.4 Å². The van der Waals surface area contributed by atoms with E-state index in [4.69, 9.17) is 27.9 Å². The van der Waals surface area contributed by atoms with Crippen molar-refractivity contribution in [3.63, 3.8) is 0 Å². The number of amides is 1. The van der Waals surface area contributed by atoms with Crippen molar-refractivity contribution in [3.8, 4) is 0 Å². The van der Waals surface area contributed by atoms with Gasteiger partial charge < -0.3 is 10.1 Å². The second kappa shape index (κ2) is 8.41. The van der Waals surface area contributed by atoms with Gasteiger partial charge in [-0.2, -0.15) is 5.10 Å². The highest BCUT2D eigenvalue weighted by Crippen LogP contribution is 2.29. The van der Waals surface area contributed by atoms with Crippen LogP contribution in [0.5, 0.6) is 0 Å². The number of ether oxygens (including phenoxy) is 1. The van der Waals surface area contributed by atoms with Crippen LogP contribution in [-0.2, 0) is 14.3 Å². The van der Waals surface area contributed by atoms with Crippen molar-refractivity contribution in [3.05, 3.63) is 58.6 Å². The Morgan fingerprint density at radius 2 is 1.96 bits per heavy atom. The third-order valence-electron chi connectivity index (χ3n) is 3.93. The summed E-state index contributed by atoms with van der Waals surface area (Å²) < 4.78 is 5.02. The van der Waals surface area contributed by atoms with E-state index in [1.54, 1.807) is 25.1 Å². The Labute approximate surface area is 166 Å². The summed E-state index contributed by atoms with van der Waals surface area (Å²) in [5, 5.41) is 9.41. The maximum atomic E-state index is 12.9. The van der Waals surface area contributed by atoms with E-state index in [2.05, 4.69) is 10.4 Å². The zero-order valence-corrected chi connectivity index (χ0v) is 16.0. The maximum absolute atomic E-state index is 12.9. The largest absolute Gasteiger partial charge is 0.461 e. The van der Waals surface area contributed by atoms with Crippen LogP contribution in [0.25, 0.3) is 0 Å². The van der Waals surface area contributed by atoms with Gasteiger partial charge in [-0.25, -0.2) is 4.79 Å². The standard InChI is InChI=1S/C19H17Cl2N3O3/c1-2-27-19(26)16-11-17(24(23-16)13-6-4-3-5-7-13)18(25)22-15-10-12(20)8-9-14(15)21/h3-10,17H,2,11H2,1H3,(H,22,25). The van der Waals surface area contributed by atoms with E-state index >= 15 is 0 Å². The molecule has 0 aliphatic carbocycles. The number of halogens is 2. The molecule has 6 nitrogen and oxygen atoms in total. The number of para-hydroxylation sites is 1. The average molecular weight is 406 g/mol. The van der Waals surface area contributed by atoms with Crippen molar-refractivity contribution in [2.75, 3.05) is 16.9 Å². The van der Waals surface area contributed by atoms with Crippen LogP contribution >= 0.6 is 23.2 Å². The molecular weight excluding hydrogens is 389 g/mol. The van der Waals surface area contributed by atoms with Gasteiger partial charge in [-0.3, -0.25) is 9.80 Å². The third-order valence-corrected chi connectivity index (χ3v) is 4.50. The number of esters is 1. The van der Waals surface area contributed by atoms with Crippen molar-refractivity contribution >= 4 is 52.2 Å². The summed E-state index contributed by atoms with van der Waals surface area (Å²) in [6.45, 7) is 1.95. The fourth-order valence-electron chi connectivity index (χ4n) is 2.68. The fourth-order valence-corrected chi connectivity index (χ4v) is 3.02. The molecule has 1 unspecified atom stereocenters. The molecule has 8 heteroatoms. The van der Waals surface area contributed by atoms with E-state index in [-0.39, 0.29) is 24.6 Å². The quantitative estimate of drug-likeness (QED) is 0.759. The molecule has 0 bridgehead atoms. The van der Waals surface area contributed by atoms with Crippen LogP contribution in [0.4, 0.5) is 11.4 Å². The number of anilines is 2. The molecular formula is C19H17Cl2N3O3. The van der Waals surface area contributed by atoms with E-state index in [0.717, 1.165) is 0 Å². The SMILES string of the molecule is CCOC(=O)C1=NN(c2ccccc2)C(C(=O)Nc2cc(Cl)ccc2Cl)C1. The molecule has 3 rings (SSSR count). The Kier molecular flexibility index (Phi) is 5.98. The van der Waals surface area contributed by atoms with Crippen LogP contribution in [0.15, 0.2) is 53.6 Å². The summed E-state index contributed by atoms with van der Waals surface area (Å²) in [7, 11) is 0. The van der Waals surface area contributed by atoms with Gasteiger partial charge in [0.2, 0.25) is 5.91 Å². The van der Waals surface area contributed by atoms with Crippen molar-refractivity contribution in [2.45, 2.75) is 19.4 Å². The zero-order chi connectivity index (χ0) is 19.4. The number of carbonyl (C=O) groups is 2. The number of rotatable bonds is 5. The molecule has 0 spiro atoms. The first-order valence-corrected chi connectivity index (χ1v) is 9.10. The van der Waals surface area contributed by atoms with Crippen LogP contribution < -0.4 is 10.3 Å². The molecule has 0 saturated heterocycles. The van der Waals surface area contributed by atoms with E-state index in [0.29, 0.717) is 21.4 Å². The Morgan fingerprint density at radius 1 is 1.22 bits per heavy atom. The van der Waals surface area contributed by atoms with Crippen LogP contribution in [-0.4, -0.2) is 30.2 Å². The van der Waals surface area contributed by atoms with Crippen molar-refractivity contribution < 1.29 is 14.3 Å². The maximum Gasteiger partial charge on any atom is 0.354 e. The number of carbonyl (C=O) groups excluding carboxylic acids is 2. The predicted octanol–water partition coefficient (Wildman–Crippen LogP) is 4.13. The summed E-state index contributed by atoms with van der Waals surface area (Å²) in [5.74, 6) is -0.888. The molecule has 0 fully saturated rings. The molecule has 0 saturated carbocycles. The topological polar surface area (TPSA) is 71.0 Å². The first-order valence-electron chi connectivity index (χ1n) is 8.34. The lowest BCUT2D eigenvalue weighted by atomic mass is 10.1. The second-order valence-corrected chi connectivity index (χ2v) is 6.62. The predicted molar refractivity (Wildman–Crippen MR) is 106 cm³/mol. The van der Waals surface area contributed by atoms with Gasteiger partial charge in [-0.15, -0.1) is 0 Å². The minimum Gasteiger partial charge on any atom is -0.461 e. The Hall–Kier alpha value is -2.57. The summed E-state index contributed by atoms with van der Waals surface area (Å²) in [4.78, 5) is 25.0. The molecule has 1 aliphatic heterocycles. The number of hydrogen-bond donors (Lipinski definition) is 1. The van der Waals surface area contributed by atoms with Gasteiger partial charge in [-0.05, 0) is 37.3 Å². The number of hydrogen-bond acceptors (Lipinski definition) is 5. The average Bonchev–Trinajstić information content (AvgIpc) is 3.11. The van der Waals surface area contributed by atoms with Gasteiger partial charge in [0.25, 0.3) is 0 Å². The van der Waals surface area contributed by atoms with Gasteiger partial charge in [0.1, 0.15) is 11.8 Å². The Morgan fingerprint density at radius 3 is 2.67 bits per heavy atom. The molecule has 2 aromatic rings. The molecule has 0 aromatic heterocycles. The normalized spacial score (nSPS) is 16.0. The molecule has 1 amide bonds. The summed E-state index contributed by atoms with van der Waals surface area (Å²) in [5.41, 5.74) is 1.28. The monoisotopic (exact) mass is 405 g/mol. The highest BCUT2D eigenvalue weighted by Gasteiger charge is 2.37. The highest BCUT2D eigenvalue weighted by molar-refractivity contribution is 6.38. The van der Waals surface area contributed by atoms with E-state index in [1.165, 1.54) is 5.01 Å². The lowest BCUT2D eigenvalue weighted by Crippen LogP contribution is -2.38. The third kappa shape index (κ3) is 4.40. The molecule has 27 heavy (non-hydrogen) atoms. The first kappa shape index (κ1) is 19.2. The lowest BCUT2D eigenvalue weighted by molar-refractivity contribution is -0.135. The van der Waals surface area contributed by atoms with Gasteiger partial charge in [0.15, 0.2) is 0 Å². The van der Waals surface area contributed by atoms with E-state index in [1.807, 2.05) is 30.3 Å². The second-order valence-electron chi connectivity index (χ2n) is 5.78. The Bertz CT molecular complexity index is 887. The van der Waals surface area contributed by atoms with Crippen LogP contribution in [0.3, 0.4) is 0 Å². The van der Waals surface area contributed by atoms with Crippen LogP contribution in [0.2, 0.25) is 10.0 Å². The number of benzene rings is 2. The van der Waals surface area contributed by atoms with Crippen LogP contribution in [0.1, 0.15) is 13.3 Å². The minimum absolute atomic E-state index is 0.123. The smallest absolute Gasteiger partial charge is 0.354 e. The summed E-state index contributed by atoms with van der Waals surface area (Å²) >= 11 is 12.1. The fraction of sp³-hybridized carbons (Fsp3) is 0.211. The van der Waals surface area contributed by atoms with Gasteiger partial charge >= 0.3 is 5.97 Å². The van der Waals surface area contributed by atoms with Crippen LogP contribution in [0, 0.1) is 0 Å². The molecule has 140 valence electrons. The van der Waals surface area contributed by atoms with E-state index < -0.39 is 12.0 Å². The lowest BCUT2D eigenvalue weighted by Gasteiger charge is -2.23. The summed E-state index contributed by atoms with van der Waals surface area (Å²) in [6, 6.07) is 13.2. The Balaban J connectivity index is 1.86. The number of nitrogens with one attached hydrogen (secondary N) is 1. The summed E-state index contributed by atoms with van der Waals surface area (Å²) in [6.07, 6.45) is 0.123. The number of hydrazone groups is 1. The zero-order valence-electron chi connectivity index (χ0n) is 14.5. The molecule has 2 aromatic carbocycles. The van der Waals surface area contributed by atoms with Crippen molar-refractivity contribution in [2.24, 2.45) is 5.10 Å². The molecule has 1 atom stereocenters. The molecule has 1 aliphatic rings. The first-order chi connectivity index (χ1) is 13.0. The van der Waals surface area contributed by atoms with Crippen molar-refractivity contribution in [1.82, 2.24) is 0 Å². The minimum atomic E-state index is -0.721. The molecule has 0 radical (unpaired) electrons. The van der Waals surface area contributed by atoms with Crippen molar-refractivity contribution in [1.29, 1.82) is 0 Å². The van der Waals surface area contributed by atoms with Gasteiger partial charge in [0.05, 0.1) is 23.0 Å².